The van der Waals surface area contributed by atoms with E-state index in [1.54, 1.807) is 60.7 Å². The first kappa shape index (κ1) is 22.2. The Morgan fingerprint density at radius 2 is 1.56 bits per heavy atom. The number of hydrogen-bond acceptors (Lipinski definition) is 5. The molecular formula is C26H22N2O4. The van der Waals surface area contributed by atoms with E-state index in [1.807, 2.05) is 30.3 Å². The van der Waals surface area contributed by atoms with Crippen molar-refractivity contribution in [2.24, 2.45) is 5.10 Å². The van der Waals surface area contributed by atoms with Gasteiger partial charge >= 0.3 is 5.97 Å². The van der Waals surface area contributed by atoms with Crippen molar-refractivity contribution in [1.82, 2.24) is 5.43 Å². The van der Waals surface area contributed by atoms with Crippen LogP contribution in [0.25, 0.3) is 6.08 Å². The molecule has 0 atom stereocenters. The number of hydrogen-bond donors (Lipinski definition) is 1. The number of amides is 1. The van der Waals surface area contributed by atoms with Crippen LogP contribution in [0.5, 0.6) is 11.5 Å². The topological polar surface area (TPSA) is 77.0 Å². The van der Waals surface area contributed by atoms with Crippen LogP contribution in [0.2, 0.25) is 0 Å². The van der Waals surface area contributed by atoms with Gasteiger partial charge in [-0.05, 0) is 65.7 Å². The summed E-state index contributed by atoms with van der Waals surface area (Å²) in [7, 11) is 0. The number of carbonyl (C=O) groups excluding carboxylic acids is 2. The Kier molecular flexibility index (Phi) is 8.11. The minimum atomic E-state index is -0.469. The molecule has 0 aliphatic heterocycles. The van der Waals surface area contributed by atoms with Crippen molar-refractivity contribution in [1.29, 1.82) is 0 Å². The van der Waals surface area contributed by atoms with E-state index >= 15 is 0 Å². The summed E-state index contributed by atoms with van der Waals surface area (Å²) >= 11 is 0. The number of hydrazone groups is 1. The molecule has 0 heterocycles. The zero-order chi connectivity index (χ0) is 22.6. The second-order valence-electron chi connectivity index (χ2n) is 6.56. The Hall–Kier alpha value is -4.45. The molecule has 0 fully saturated rings. The van der Waals surface area contributed by atoms with E-state index in [1.165, 1.54) is 12.3 Å². The molecule has 0 radical (unpaired) electrons. The fourth-order valence-electron chi connectivity index (χ4n) is 2.59. The van der Waals surface area contributed by atoms with E-state index in [4.69, 9.17) is 9.47 Å². The number of benzene rings is 3. The Morgan fingerprint density at radius 3 is 2.25 bits per heavy atom. The maximum Gasteiger partial charge on any atom is 0.336 e. The summed E-state index contributed by atoms with van der Waals surface area (Å²) in [5, 5.41) is 3.96. The second-order valence-corrected chi connectivity index (χ2v) is 6.56. The number of nitrogens with zero attached hydrogens (tertiary/aromatic N) is 1. The third-order valence-electron chi connectivity index (χ3n) is 4.17. The molecule has 6 nitrogen and oxygen atoms in total. The lowest BCUT2D eigenvalue weighted by molar-refractivity contribution is -0.128. The van der Waals surface area contributed by atoms with Gasteiger partial charge in [0.1, 0.15) is 18.1 Å². The van der Waals surface area contributed by atoms with Gasteiger partial charge in [0, 0.05) is 11.6 Å². The summed E-state index contributed by atoms with van der Waals surface area (Å²) in [6, 6.07) is 23.0. The third-order valence-corrected chi connectivity index (χ3v) is 4.17. The molecule has 0 aromatic heterocycles. The fraction of sp³-hybridized carbons (Fsp3) is 0.0385. The van der Waals surface area contributed by atoms with Crippen molar-refractivity contribution >= 4 is 24.2 Å². The fourth-order valence-corrected chi connectivity index (χ4v) is 2.59. The maximum atomic E-state index is 12.2. The Morgan fingerprint density at radius 1 is 0.875 bits per heavy atom. The molecule has 0 spiro atoms. The van der Waals surface area contributed by atoms with E-state index in [-0.39, 0.29) is 5.91 Å². The Labute approximate surface area is 186 Å². The van der Waals surface area contributed by atoms with Gasteiger partial charge in [-0.25, -0.2) is 10.2 Å². The van der Waals surface area contributed by atoms with E-state index in [9.17, 15) is 9.59 Å². The van der Waals surface area contributed by atoms with E-state index in [0.29, 0.717) is 23.7 Å². The van der Waals surface area contributed by atoms with E-state index in [2.05, 4.69) is 17.1 Å². The predicted octanol–water partition coefficient (Wildman–Crippen LogP) is 4.63. The van der Waals surface area contributed by atoms with E-state index in [0.717, 1.165) is 11.1 Å². The molecule has 0 saturated carbocycles. The summed E-state index contributed by atoms with van der Waals surface area (Å²) in [5.41, 5.74) is 4.57. The predicted molar refractivity (Wildman–Crippen MR) is 125 cm³/mol. The summed E-state index contributed by atoms with van der Waals surface area (Å²) in [5.74, 6) is 0.254. The molecule has 3 aromatic rings. The average Bonchev–Trinajstić information content (AvgIpc) is 2.83. The van der Waals surface area contributed by atoms with Crippen molar-refractivity contribution in [3.63, 3.8) is 0 Å². The van der Waals surface area contributed by atoms with Crippen LogP contribution in [0.4, 0.5) is 0 Å². The molecule has 1 amide bonds. The molecule has 3 aromatic carbocycles. The van der Waals surface area contributed by atoms with Crippen molar-refractivity contribution in [3.8, 4) is 11.5 Å². The van der Waals surface area contributed by atoms with Crippen LogP contribution in [0.15, 0.2) is 103 Å². The van der Waals surface area contributed by atoms with Crippen molar-refractivity contribution in [2.45, 2.75) is 0 Å². The first-order valence-electron chi connectivity index (χ1n) is 9.86. The molecular weight excluding hydrogens is 404 g/mol. The summed E-state index contributed by atoms with van der Waals surface area (Å²) < 4.78 is 10.7. The highest BCUT2D eigenvalue weighted by atomic mass is 16.5. The zero-order valence-corrected chi connectivity index (χ0v) is 17.3. The zero-order valence-electron chi connectivity index (χ0n) is 17.3. The molecule has 0 aliphatic carbocycles. The SMILES string of the molecule is C=CCOc1ccc(C(=O)NN=Cc2ccc(OC(=O)C=Cc3ccccc3)cc2)cc1. The van der Waals surface area contributed by atoms with Gasteiger partial charge in [0.05, 0.1) is 6.21 Å². The van der Waals surface area contributed by atoms with Gasteiger partial charge in [-0.3, -0.25) is 4.79 Å². The second kappa shape index (κ2) is 11.7. The third kappa shape index (κ3) is 7.11. The minimum absolute atomic E-state index is 0.340. The van der Waals surface area contributed by atoms with Crippen LogP contribution in [0.3, 0.4) is 0 Å². The van der Waals surface area contributed by atoms with Gasteiger partial charge in [-0.1, -0.05) is 43.0 Å². The van der Waals surface area contributed by atoms with Crippen molar-refractivity contribution in [3.05, 3.63) is 114 Å². The molecule has 0 saturated heterocycles. The van der Waals surface area contributed by atoms with Crippen LogP contribution < -0.4 is 14.9 Å². The highest BCUT2D eigenvalue weighted by Gasteiger charge is 2.04. The lowest BCUT2D eigenvalue weighted by Gasteiger charge is -2.04. The monoisotopic (exact) mass is 426 g/mol. The Bertz CT molecular complexity index is 1100. The van der Waals surface area contributed by atoms with Crippen molar-refractivity contribution < 1.29 is 19.1 Å². The van der Waals surface area contributed by atoms with Crippen LogP contribution in [0, 0.1) is 0 Å². The quantitative estimate of drug-likeness (QED) is 0.135. The van der Waals surface area contributed by atoms with Gasteiger partial charge < -0.3 is 9.47 Å². The molecule has 32 heavy (non-hydrogen) atoms. The van der Waals surface area contributed by atoms with Gasteiger partial charge in [-0.15, -0.1) is 0 Å². The number of rotatable bonds is 9. The molecule has 0 aliphatic rings. The average molecular weight is 426 g/mol. The minimum Gasteiger partial charge on any atom is -0.490 e. The normalized spacial score (nSPS) is 10.8. The lowest BCUT2D eigenvalue weighted by atomic mass is 10.2. The highest BCUT2D eigenvalue weighted by Crippen LogP contribution is 2.13. The van der Waals surface area contributed by atoms with Gasteiger partial charge in [0.2, 0.25) is 0 Å². The van der Waals surface area contributed by atoms with Crippen LogP contribution in [-0.4, -0.2) is 24.7 Å². The van der Waals surface area contributed by atoms with Crippen molar-refractivity contribution in [2.75, 3.05) is 6.61 Å². The first-order valence-corrected chi connectivity index (χ1v) is 9.86. The van der Waals surface area contributed by atoms with E-state index < -0.39 is 5.97 Å². The first-order chi connectivity index (χ1) is 15.6. The molecule has 0 bridgehead atoms. The smallest absolute Gasteiger partial charge is 0.336 e. The Balaban J connectivity index is 1.48. The molecule has 1 N–H and O–H groups in total. The van der Waals surface area contributed by atoms with Crippen LogP contribution in [-0.2, 0) is 4.79 Å². The standard InChI is InChI=1S/C26H22N2O4/c1-2-18-31-23-15-11-22(12-16-23)26(30)28-27-19-21-8-13-24(14-9-21)32-25(29)17-10-20-6-4-3-5-7-20/h2-17,19H,1,18H2,(H,28,30). The number of nitrogens with one attached hydrogen (secondary N) is 1. The highest BCUT2D eigenvalue weighted by molar-refractivity contribution is 5.95. The van der Waals surface area contributed by atoms with Gasteiger partial charge in [0.15, 0.2) is 0 Å². The number of carbonyl (C=O) groups is 2. The lowest BCUT2D eigenvalue weighted by Crippen LogP contribution is -2.17. The summed E-state index contributed by atoms with van der Waals surface area (Å²) in [4.78, 5) is 24.1. The van der Waals surface area contributed by atoms with Gasteiger partial charge in [-0.2, -0.15) is 5.10 Å². The molecule has 0 unspecified atom stereocenters. The molecule has 3 rings (SSSR count). The van der Waals surface area contributed by atoms with Crippen LogP contribution in [0.1, 0.15) is 21.5 Å². The largest absolute Gasteiger partial charge is 0.490 e. The summed E-state index contributed by atoms with van der Waals surface area (Å²) in [6.45, 7) is 3.99. The van der Waals surface area contributed by atoms with Gasteiger partial charge in [0.25, 0.3) is 5.91 Å². The maximum absolute atomic E-state index is 12.2. The number of ether oxygens (including phenoxy) is 2. The number of esters is 1. The molecule has 6 heteroatoms. The van der Waals surface area contributed by atoms with Crippen LogP contribution >= 0.6 is 0 Å². The summed E-state index contributed by atoms with van der Waals surface area (Å²) in [6.07, 6.45) is 6.21. The molecule has 160 valence electrons.